The standard InChI is InChI=1S/C15H16N2O2/c1-2-9-17(13-7-8-13)15(18)11-19-14-6-4-3-5-12(14)10-16/h2-6,13H,1,7-9,11H2. The van der Waals surface area contributed by atoms with Crippen molar-refractivity contribution >= 4 is 5.91 Å². The molecule has 1 amide bonds. The van der Waals surface area contributed by atoms with E-state index >= 15 is 0 Å². The molecule has 0 radical (unpaired) electrons. The molecular formula is C15H16N2O2. The monoisotopic (exact) mass is 256 g/mol. The van der Waals surface area contributed by atoms with E-state index in [2.05, 4.69) is 6.58 Å². The van der Waals surface area contributed by atoms with Crippen LogP contribution in [-0.4, -0.2) is 30.0 Å². The van der Waals surface area contributed by atoms with Crippen molar-refractivity contribution in [3.8, 4) is 11.8 Å². The van der Waals surface area contributed by atoms with E-state index in [9.17, 15) is 4.79 Å². The van der Waals surface area contributed by atoms with Crippen molar-refractivity contribution in [1.82, 2.24) is 4.90 Å². The number of nitriles is 1. The molecule has 19 heavy (non-hydrogen) atoms. The van der Waals surface area contributed by atoms with E-state index in [1.807, 2.05) is 6.07 Å². The number of carbonyl (C=O) groups is 1. The molecule has 0 unspecified atom stereocenters. The molecule has 1 fully saturated rings. The van der Waals surface area contributed by atoms with Gasteiger partial charge in [0, 0.05) is 12.6 Å². The summed E-state index contributed by atoms with van der Waals surface area (Å²) in [7, 11) is 0. The van der Waals surface area contributed by atoms with Crippen molar-refractivity contribution in [2.24, 2.45) is 0 Å². The first kappa shape index (κ1) is 13.2. The van der Waals surface area contributed by atoms with Crippen LogP contribution in [-0.2, 0) is 4.79 Å². The number of benzene rings is 1. The smallest absolute Gasteiger partial charge is 0.261 e. The highest BCUT2D eigenvalue weighted by atomic mass is 16.5. The Hall–Kier alpha value is -2.28. The Morgan fingerprint density at radius 3 is 2.89 bits per heavy atom. The van der Waals surface area contributed by atoms with Crippen LogP contribution in [0.5, 0.6) is 5.75 Å². The van der Waals surface area contributed by atoms with Crippen LogP contribution in [0.25, 0.3) is 0 Å². The highest BCUT2D eigenvalue weighted by Crippen LogP contribution is 2.27. The van der Waals surface area contributed by atoms with Crippen molar-refractivity contribution in [1.29, 1.82) is 5.26 Å². The van der Waals surface area contributed by atoms with Gasteiger partial charge in [-0.25, -0.2) is 0 Å². The Morgan fingerprint density at radius 2 is 2.26 bits per heavy atom. The van der Waals surface area contributed by atoms with E-state index in [4.69, 9.17) is 10.00 Å². The van der Waals surface area contributed by atoms with E-state index in [0.29, 0.717) is 23.9 Å². The number of hydrogen-bond donors (Lipinski definition) is 0. The van der Waals surface area contributed by atoms with Crippen molar-refractivity contribution in [2.75, 3.05) is 13.2 Å². The molecule has 1 saturated carbocycles. The third-order valence-electron chi connectivity index (χ3n) is 2.99. The van der Waals surface area contributed by atoms with Crippen LogP contribution in [0.15, 0.2) is 36.9 Å². The van der Waals surface area contributed by atoms with Gasteiger partial charge in [0.2, 0.25) is 0 Å². The minimum absolute atomic E-state index is 0.0387. The third kappa shape index (κ3) is 3.35. The molecule has 0 N–H and O–H groups in total. The van der Waals surface area contributed by atoms with E-state index in [1.54, 1.807) is 35.2 Å². The lowest BCUT2D eigenvalue weighted by Gasteiger charge is -2.20. The van der Waals surface area contributed by atoms with Crippen molar-refractivity contribution in [2.45, 2.75) is 18.9 Å². The molecular weight excluding hydrogens is 240 g/mol. The largest absolute Gasteiger partial charge is 0.482 e. The molecule has 0 aliphatic heterocycles. The Bertz CT molecular complexity index is 515. The zero-order valence-corrected chi connectivity index (χ0v) is 10.7. The molecule has 98 valence electrons. The number of rotatable bonds is 6. The summed E-state index contributed by atoms with van der Waals surface area (Å²) in [5.74, 6) is 0.392. The van der Waals surface area contributed by atoms with E-state index in [1.165, 1.54) is 0 Å². The zero-order chi connectivity index (χ0) is 13.7. The highest BCUT2D eigenvalue weighted by Gasteiger charge is 2.31. The van der Waals surface area contributed by atoms with Gasteiger partial charge < -0.3 is 9.64 Å². The molecule has 0 heterocycles. The van der Waals surface area contributed by atoms with Crippen LogP contribution in [0.4, 0.5) is 0 Å². The van der Waals surface area contributed by atoms with Gasteiger partial charge in [0.05, 0.1) is 5.56 Å². The van der Waals surface area contributed by atoms with Gasteiger partial charge in [0.1, 0.15) is 11.8 Å². The van der Waals surface area contributed by atoms with Crippen LogP contribution in [0.2, 0.25) is 0 Å². The maximum Gasteiger partial charge on any atom is 0.261 e. The minimum atomic E-state index is -0.0601. The number of amides is 1. The summed E-state index contributed by atoms with van der Waals surface area (Å²) in [6.07, 6.45) is 3.82. The first-order valence-electron chi connectivity index (χ1n) is 6.28. The summed E-state index contributed by atoms with van der Waals surface area (Å²) in [4.78, 5) is 13.8. The lowest BCUT2D eigenvalue weighted by molar-refractivity contribution is -0.133. The fourth-order valence-corrected chi connectivity index (χ4v) is 1.89. The van der Waals surface area contributed by atoms with Crippen LogP contribution < -0.4 is 4.74 Å². The van der Waals surface area contributed by atoms with E-state index < -0.39 is 0 Å². The fourth-order valence-electron chi connectivity index (χ4n) is 1.89. The zero-order valence-electron chi connectivity index (χ0n) is 10.7. The van der Waals surface area contributed by atoms with Crippen LogP contribution in [0.1, 0.15) is 18.4 Å². The molecule has 1 aromatic rings. The molecule has 4 nitrogen and oxygen atoms in total. The van der Waals surface area contributed by atoms with Gasteiger partial charge >= 0.3 is 0 Å². The van der Waals surface area contributed by atoms with Gasteiger partial charge in [-0.2, -0.15) is 5.26 Å². The van der Waals surface area contributed by atoms with Gasteiger partial charge in [-0.1, -0.05) is 18.2 Å². The van der Waals surface area contributed by atoms with Crippen molar-refractivity contribution < 1.29 is 9.53 Å². The van der Waals surface area contributed by atoms with Crippen LogP contribution in [0, 0.1) is 11.3 Å². The molecule has 2 rings (SSSR count). The van der Waals surface area contributed by atoms with E-state index in [0.717, 1.165) is 12.8 Å². The Kier molecular flexibility index (Phi) is 4.19. The van der Waals surface area contributed by atoms with Gasteiger partial charge in [0.15, 0.2) is 6.61 Å². The summed E-state index contributed by atoms with van der Waals surface area (Å²) in [6, 6.07) is 9.29. The maximum atomic E-state index is 12.1. The second-order valence-corrected chi connectivity index (χ2v) is 4.46. The molecule has 0 aromatic heterocycles. The molecule has 0 atom stereocenters. The molecule has 1 aliphatic rings. The molecule has 0 spiro atoms. The molecule has 0 bridgehead atoms. The molecule has 0 saturated heterocycles. The van der Waals surface area contributed by atoms with Gasteiger partial charge in [-0.3, -0.25) is 4.79 Å². The Morgan fingerprint density at radius 1 is 1.53 bits per heavy atom. The second-order valence-electron chi connectivity index (χ2n) is 4.46. The summed E-state index contributed by atoms with van der Waals surface area (Å²) in [5.41, 5.74) is 0.442. The SMILES string of the molecule is C=CCN(C(=O)COc1ccccc1C#N)C1CC1. The average Bonchev–Trinajstić information content (AvgIpc) is 3.27. The Labute approximate surface area is 112 Å². The fraction of sp³-hybridized carbons (Fsp3) is 0.333. The summed E-state index contributed by atoms with van der Waals surface area (Å²) in [6.45, 7) is 4.17. The van der Waals surface area contributed by atoms with Crippen molar-refractivity contribution in [3.05, 3.63) is 42.5 Å². The van der Waals surface area contributed by atoms with E-state index in [-0.39, 0.29) is 12.5 Å². The Balaban J connectivity index is 1.95. The topological polar surface area (TPSA) is 53.3 Å². The number of ether oxygens (including phenoxy) is 1. The molecule has 4 heteroatoms. The predicted molar refractivity (Wildman–Crippen MR) is 71.6 cm³/mol. The lowest BCUT2D eigenvalue weighted by atomic mass is 10.2. The first-order chi connectivity index (χ1) is 9.26. The van der Waals surface area contributed by atoms with Gasteiger partial charge in [0.25, 0.3) is 5.91 Å². The predicted octanol–water partition coefficient (Wildman–Crippen LogP) is 2.11. The number of nitrogens with zero attached hydrogens (tertiary/aromatic N) is 2. The third-order valence-corrected chi connectivity index (χ3v) is 2.99. The molecule has 1 aromatic carbocycles. The average molecular weight is 256 g/mol. The van der Waals surface area contributed by atoms with Gasteiger partial charge in [-0.15, -0.1) is 6.58 Å². The highest BCUT2D eigenvalue weighted by molar-refractivity contribution is 5.78. The minimum Gasteiger partial charge on any atom is -0.482 e. The normalized spacial score (nSPS) is 13.4. The maximum absolute atomic E-state index is 12.1. The van der Waals surface area contributed by atoms with Gasteiger partial charge in [-0.05, 0) is 25.0 Å². The summed E-state index contributed by atoms with van der Waals surface area (Å²) >= 11 is 0. The lowest BCUT2D eigenvalue weighted by Crippen LogP contribution is -2.36. The van der Waals surface area contributed by atoms with Crippen LogP contribution >= 0.6 is 0 Å². The number of hydrogen-bond acceptors (Lipinski definition) is 3. The van der Waals surface area contributed by atoms with Crippen molar-refractivity contribution in [3.63, 3.8) is 0 Å². The summed E-state index contributed by atoms with van der Waals surface area (Å²) < 4.78 is 5.45. The number of para-hydroxylation sites is 1. The second kappa shape index (κ2) is 6.05. The van der Waals surface area contributed by atoms with Crippen LogP contribution in [0.3, 0.4) is 0 Å². The quantitative estimate of drug-likeness (QED) is 0.732. The summed E-state index contributed by atoms with van der Waals surface area (Å²) in [5, 5.41) is 8.94. The molecule has 1 aliphatic carbocycles. The number of carbonyl (C=O) groups excluding carboxylic acids is 1. The first-order valence-corrected chi connectivity index (χ1v) is 6.28.